The third kappa shape index (κ3) is 3.19. The second-order valence-corrected chi connectivity index (χ2v) is 5.32. The Hall–Kier alpha value is -1.26. The normalized spacial score (nSPS) is 19.1. The SMILES string of the molecule is CCCN1C(=O)CC(Nc2cc(Cl)cc(Cl)c2)C1=O. The Morgan fingerprint density at radius 3 is 2.47 bits per heavy atom. The number of halogens is 2. The highest BCUT2D eigenvalue weighted by Crippen LogP contribution is 2.25. The lowest BCUT2D eigenvalue weighted by Crippen LogP contribution is -2.35. The number of amides is 2. The van der Waals surface area contributed by atoms with Crippen LogP contribution in [0.5, 0.6) is 0 Å². The topological polar surface area (TPSA) is 49.4 Å². The molecule has 1 unspecified atom stereocenters. The number of imide groups is 1. The van der Waals surface area contributed by atoms with Crippen molar-refractivity contribution in [1.82, 2.24) is 4.90 Å². The molecule has 0 spiro atoms. The molecule has 19 heavy (non-hydrogen) atoms. The van der Waals surface area contributed by atoms with Crippen LogP contribution < -0.4 is 5.32 Å². The maximum Gasteiger partial charge on any atom is 0.252 e. The Kier molecular flexibility index (Phi) is 4.32. The fourth-order valence-corrected chi connectivity index (χ4v) is 2.62. The largest absolute Gasteiger partial charge is 0.373 e. The number of anilines is 1. The summed E-state index contributed by atoms with van der Waals surface area (Å²) in [5.41, 5.74) is 0.641. The van der Waals surface area contributed by atoms with Crippen LogP contribution in [0.4, 0.5) is 5.69 Å². The molecule has 0 aromatic heterocycles. The average Bonchev–Trinajstić information content (AvgIpc) is 2.56. The maximum absolute atomic E-state index is 12.1. The first-order valence-electron chi connectivity index (χ1n) is 6.08. The van der Waals surface area contributed by atoms with E-state index in [0.717, 1.165) is 6.42 Å². The van der Waals surface area contributed by atoms with Gasteiger partial charge in [-0.2, -0.15) is 0 Å². The van der Waals surface area contributed by atoms with Gasteiger partial charge in [0.05, 0.1) is 6.42 Å². The van der Waals surface area contributed by atoms with E-state index >= 15 is 0 Å². The van der Waals surface area contributed by atoms with E-state index in [9.17, 15) is 9.59 Å². The van der Waals surface area contributed by atoms with Crippen LogP contribution in [-0.2, 0) is 9.59 Å². The van der Waals surface area contributed by atoms with Crippen molar-refractivity contribution in [2.45, 2.75) is 25.8 Å². The first-order chi connectivity index (χ1) is 9.01. The van der Waals surface area contributed by atoms with Gasteiger partial charge in [-0.1, -0.05) is 30.1 Å². The standard InChI is InChI=1S/C13H14Cl2N2O2/c1-2-3-17-12(18)7-11(13(17)19)16-10-5-8(14)4-9(15)6-10/h4-6,11,16H,2-3,7H2,1H3. The summed E-state index contributed by atoms with van der Waals surface area (Å²) in [6.07, 6.45) is 0.927. The van der Waals surface area contributed by atoms with E-state index in [-0.39, 0.29) is 18.2 Å². The second-order valence-electron chi connectivity index (χ2n) is 4.44. The lowest BCUT2D eigenvalue weighted by atomic mass is 10.2. The molecule has 6 heteroatoms. The Balaban J connectivity index is 2.12. The summed E-state index contributed by atoms with van der Waals surface area (Å²) in [6, 6.07) is 4.43. The van der Waals surface area contributed by atoms with Crippen molar-refractivity contribution in [2.24, 2.45) is 0 Å². The summed E-state index contributed by atoms with van der Waals surface area (Å²) in [5.74, 6) is -0.333. The number of likely N-dealkylation sites (tertiary alicyclic amines) is 1. The summed E-state index contributed by atoms with van der Waals surface area (Å²) < 4.78 is 0. The van der Waals surface area contributed by atoms with Gasteiger partial charge in [0.2, 0.25) is 5.91 Å². The van der Waals surface area contributed by atoms with Gasteiger partial charge >= 0.3 is 0 Å². The van der Waals surface area contributed by atoms with Gasteiger partial charge < -0.3 is 5.32 Å². The van der Waals surface area contributed by atoms with Gasteiger partial charge in [0.15, 0.2) is 0 Å². The molecule has 1 heterocycles. The second kappa shape index (κ2) is 5.80. The van der Waals surface area contributed by atoms with Gasteiger partial charge in [-0.25, -0.2) is 0 Å². The highest BCUT2D eigenvalue weighted by molar-refractivity contribution is 6.35. The first-order valence-corrected chi connectivity index (χ1v) is 6.83. The molecule has 0 saturated carbocycles. The van der Waals surface area contributed by atoms with Gasteiger partial charge in [-0.3, -0.25) is 14.5 Å². The first kappa shape index (κ1) is 14.2. The number of rotatable bonds is 4. The van der Waals surface area contributed by atoms with E-state index in [0.29, 0.717) is 22.3 Å². The van der Waals surface area contributed by atoms with E-state index in [2.05, 4.69) is 5.32 Å². The molecule has 2 rings (SSSR count). The van der Waals surface area contributed by atoms with Crippen LogP contribution in [0.3, 0.4) is 0 Å². The molecule has 1 atom stereocenters. The Morgan fingerprint density at radius 1 is 1.26 bits per heavy atom. The minimum atomic E-state index is -0.534. The minimum absolute atomic E-state index is 0.141. The molecular weight excluding hydrogens is 287 g/mol. The summed E-state index contributed by atoms with van der Waals surface area (Å²) in [4.78, 5) is 25.1. The monoisotopic (exact) mass is 300 g/mol. The third-order valence-electron chi connectivity index (χ3n) is 2.89. The number of nitrogens with zero attached hydrogens (tertiary/aromatic N) is 1. The molecule has 1 aromatic carbocycles. The predicted molar refractivity (Wildman–Crippen MR) is 75.5 cm³/mol. The van der Waals surface area contributed by atoms with Crippen LogP contribution in [0.1, 0.15) is 19.8 Å². The van der Waals surface area contributed by atoms with Gasteiger partial charge in [0.25, 0.3) is 5.91 Å². The van der Waals surface area contributed by atoms with Crippen LogP contribution in [-0.4, -0.2) is 29.3 Å². The third-order valence-corrected chi connectivity index (χ3v) is 3.33. The van der Waals surface area contributed by atoms with Gasteiger partial charge in [-0.15, -0.1) is 0 Å². The van der Waals surface area contributed by atoms with Crippen molar-refractivity contribution in [1.29, 1.82) is 0 Å². The average molecular weight is 301 g/mol. The lowest BCUT2D eigenvalue weighted by Gasteiger charge is -2.15. The molecule has 0 bridgehead atoms. The molecule has 2 amide bonds. The van der Waals surface area contributed by atoms with Crippen molar-refractivity contribution in [3.63, 3.8) is 0 Å². The van der Waals surface area contributed by atoms with E-state index in [1.165, 1.54) is 4.90 Å². The maximum atomic E-state index is 12.1. The van der Waals surface area contributed by atoms with E-state index in [4.69, 9.17) is 23.2 Å². The van der Waals surface area contributed by atoms with Crippen LogP contribution in [0.15, 0.2) is 18.2 Å². The van der Waals surface area contributed by atoms with Crippen LogP contribution in [0, 0.1) is 0 Å². The molecule has 102 valence electrons. The summed E-state index contributed by atoms with van der Waals surface area (Å²) in [6.45, 7) is 2.39. The minimum Gasteiger partial charge on any atom is -0.373 e. The highest BCUT2D eigenvalue weighted by atomic mass is 35.5. The number of nitrogens with one attached hydrogen (secondary N) is 1. The number of carbonyl (C=O) groups excluding carboxylic acids is 2. The number of benzene rings is 1. The summed E-state index contributed by atoms with van der Waals surface area (Å²) in [7, 11) is 0. The van der Waals surface area contributed by atoms with Crippen molar-refractivity contribution in [2.75, 3.05) is 11.9 Å². The molecule has 1 aromatic rings. The van der Waals surface area contributed by atoms with Gasteiger partial charge in [-0.05, 0) is 24.6 Å². The van der Waals surface area contributed by atoms with Crippen LogP contribution >= 0.6 is 23.2 Å². The Bertz CT molecular complexity index is 499. The molecule has 1 aliphatic rings. The zero-order valence-corrected chi connectivity index (χ0v) is 12.0. The fourth-order valence-electron chi connectivity index (χ4n) is 2.09. The molecule has 1 aliphatic heterocycles. The van der Waals surface area contributed by atoms with Gasteiger partial charge in [0, 0.05) is 22.3 Å². The Morgan fingerprint density at radius 2 is 1.89 bits per heavy atom. The van der Waals surface area contributed by atoms with Crippen molar-refractivity contribution in [3.8, 4) is 0 Å². The van der Waals surface area contributed by atoms with Crippen LogP contribution in [0.25, 0.3) is 0 Å². The molecule has 1 saturated heterocycles. The van der Waals surface area contributed by atoms with E-state index < -0.39 is 6.04 Å². The molecule has 0 radical (unpaired) electrons. The van der Waals surface area contributed by atoms with Crippen molar-refractivity contribution < 1.29 is 9.59 Å². The zero-order valence-electron chi connectivity index (χ0n) is 10.5. The molecule has 4 nitrogen and oxygen atoms in total. The Labute approximate surface area is 121 Å². The quantitative estimate of drug-likeness (QED) is 0.870. The molecule has 0 aliphatic carbocycles. The van der Waals surface area contributed by atoms with E-state index in [1.807, 2.05) is 6.92 Å². The number of carbonyl (C=O) groups is 2. The lowest BCUT2D eigenvalue weighted by molar-refractivity contribution is -0.138. The van der Waals surface area contributed by atoms with E-state index in [1.54, 1.807) is 18.2 Å². The zero-order chi connectivity index (χ0) is 14.0. The predicted octanol–water partition coefficient (Wildman–Crippen LogP) is 2.94. The van der Waals surface area contributed by atoms with Crippen molar-refractivity contribution in [3.05, 3.63) is 28.2 Å². The fraction of sp³-hybridized carbons (Fsp3) is 0.385. The summed E-state index contributed by atoms with van der Waals surface area (Å²) in [5, 5.41) is 3.98. The number of hydrogen-bond donors (Lipinski definition) is 1. The molecular formula is C13H14Cl2N2O2. The smallest absolute Gasteiger partial charge is 0.252 e. The molecule has 1 N–H and O–H groups in total. The van der Waals surface area contributed by atoms with Crippen LogP contribution in [0.2, 0.25) is 10.0 Å². The van der Waals surface area contributed by atoms with Gasteiger partial charge in [0.1, 0.15) is 6.04 Å². The number of hydrogen-bond acceptors (Lipinski definition) is 3. The highest BCUT2D eigenvalue weighted by Gasteiger charge is 2.37. The summed E-state index contributed by atoms with van der Waals surface area (Å²) >= 11 is 11.8. The van der Waals surface area contributed by atoms with Crippen molar-refractivity contribution >= 4 is 40.7 Å². The molecule has 1 fully saturated rings.